The molecule has 0 bridgehead atoms. The summed E-state index contributed by atoms with van der Waals surface area (Å²) >= 11 is 0. The number of ether oxygens (including phenoxy) is 1. The lowest BCUT2D eigenvalue weighted by molar-refractivity contribution is -0.142. The van der Waals surface area contributed by atoms with Crippen LogP contribution in [-0.4, -0.2) is 54.7 Å². The summed E-state index contributed by atoms with van der Waals surface area (Å²) < 4.78 is 4.46. The zero-order valence-corrected chi connectivity index (χ0v) is 12.0. The van der Waals surface area contributed by atoms with Gasteiger partial charge in [-0.15, -0.1) is 0 Å². The molecule has 7 heteroatoms. The fourth-order valence-corrected chi connectivity index (χ4v) is 1.34. The summed E-state index contributed by atoms with van der Waals surface area (Å²) in [6.07, 6.45) is 0.0632. The van der Waals surface area contributed by atoms with Crippen LogP contribution in [0.15, 0.2) is 0 Å². The van der Waals surface area contributed by atoms with Crippen molar-refractivity contribution < 1.29 is 24.2 Å². The molecular formula is C12H22N2O5. The lowest BCUT2D eigenvalue weighted by Crippen LogP contribution is -2.52. The molecule has 0 aromatic carbocycles. The van der Waals surface area contributed by atoms with Crippen LogP contribution in [0.25, 0.3) is 0 Å². The molecule has 0 fully saturated rings. The predicted octanol–water partition coefficient (Wildman–Crippen LogP) is 0.690. The van der Waals surface area contributed by atoms with Crippen LogP contribution in [0.2, 0.25) is 0 Å². The van der Waals surface area contributed by atoms with Crippen molar-refractivity contribution in [1.29, 1.82) is 0 Å². The van der Waals surface area contributed by atoms with Crippen LogP contribution in [0.3, 0.4) is 0 Å². The third-order valence-electron chi connectivity index (χ3n) is 2.61. The van der Waals surface area contributed by atoms with E-state index in [9.17, 15) is 14.4 Å². The Balaban J connectivity index is 4.49. The molecule has 0 spiro atoms. The van der Waals surface area contributed by atoms with Gasteiger partial charge in [0, 0.05) is 13.6 Å². The van der Waals surface area contributed by atoms with Gasteiger partial charge < -0.3 is 20.1 Å². The number of aliphatic carboxylic acids is 1. The topological polar surface area (TPSA) is 95.9 Å². The van der Waals surface area contributed by atoms with Gasteiger partial charge in [0.25, 0.3) is 0 Å². The highest BCUT2D eigenvalue weighted by Gasteiger charge is 2.33. The number of carboxylic acids is 1. The summed E-state index contributed by atoms with van der Waals surface area (Å²) in [5, 5.41) is 11.5. The maximum absolute atomic E-state index is 11.8. The lowest BCUT2D eigenvalue weighted by Gasteiger charge is -2.29. The fraction of sp³-hybridized carbons (Fsp3) is 0.750. The quantitative estimate of drug-likeness (QED) is 0.719. The average molecular weight is 274 g/mol. The standard InChI is InChI=1S/C12H22N2O5/c1-12(2,3)9(10(16)17)13-11(18)14(4)7-6-8(15)19-5/h9H,6-7H2,1-5H3,(H,13,18)(H,16,17). The van der Waals surface area contributed by atoms with Crippen LogP contribution in [0, 0.1) is 5.41 Å². The molecular weight excluding hydrogens is 252 g/mol. The molecule has 1 atom stereocenters. The van der Waals surface area contributed by atoms with Crippen molar-refractivity contribution >= 4 is 18.0 Å². The molecule has 0 heterocycles. The number of methoxy groups -OCH3 is 1. The maximum Gasteiger partial charge on any atom is 0.326 e. The van der Waals surface area contributed by atoms with E-state index in [4.69, 9.17) is 5.11 Å². The number of rotatable bonds is 5. The van der Waals surface area contributed by atoms with Crippen LogP contribution < -0.4 is 5.32 Å². The molecule has 0 aliphatic rings. The van der Waals surface area contributed by atoms with Gasteiger partial charge in [0.2, 0.25) is 0 Å². The Morgan fingerprint density at radius 1 is 1.32 bits per heavy atom. The van der Waals surface area contributed by atoms with E-state index in [2.05, 4.69) is 10.1 Å². The molecule has 1 unspecified atom stereocenters. The lowest BCUT2D eigenvalue weighted by atomic mass is 9.87. The van der Waals surface area contributed by atoms with Gasteiger partial charge in [-0.3, -0.25) is 4.79 Å². The molecule has 0 aliphatic heterocycles. The number of urea groups is 1. The normalized spacial score (nSPS) is 12.5. The number of amides is 2. The van der Waals surface area contributed by atoms with Gasteiger partial charge >= 0.3 is 18.0 Å². The number of hydrogen-bond donors (Lipinski definition) is 2. The van der Waals surface area contributed by atoms with Crippen LogP contribution in [0.5, 0.6) is 0 Å². The summed E-state index contributed by atoms with van der Waals surface area (Å²) in [6, 6.07) is -1.54. The van der Waals surface area contributed by atoms with Gasteiger partial charge in [-0.05, 0) is 5.41 Å². The number of esters is 1. The van der Waals surface area contributed by atoms with Gasteiger partial charge in [-0.2, -0.15) is 0 Å². The Bertz CT molecular complexity index is 349. The van der Waals surface area contributed by atoms with E-state index < -0.39 is 29.4 Å². The number of nitrogens with one attached hydrogen (secondary N) is 1. The maximum atomic E-state index is 11.8. The molecule has 0 saturated heterocycles. The van der Waals surface area contributed by atoms with Crippen molar-refractivity contribution in [2.24, 2.45) is 5.41 Å². The Labute approximate surface area is 112 Å². The van der Waals surface area contributed by atoms with Crippen molar-refractivity contribution in [3.63, 3.8) is 0 Å². The summed E-state index contributed by atoms with van der Waals surface area (Å²) in [5.41, 5.74) is -0.606. The number of carbonyl (C=O) groups excluding carboxylic acids is 2. The van der Waals surface area contributed by atoms with Crippen LogP contribution >= 0.6 is 0 Å². The highest BCUT2D eigenvalue weighted by Crippen LogP contribution is 2.19. The van der Waals surface area contributed by atoms with Gasteiger partial charge in [0.15, 0.2) is 0 Å². The molecule has 2 N–H and O–H groups in total. The minimum atomic E-state index is -1.10. The monoisotopic (exact) mass is 274 g/mol. The number of carboxylic acid groups (broad SMARTS) is 1. The van der Waals surface area contributed by atoms with Gasteiger partial charge in [-0.1, -0.05) is 20.8 Å². The Kier molecular flexibility index (Phi) is 6.31. The molecule has 19 heavy (non-hydrogen) atoms. The van der Waals surface area contributed by atoms with Crippen LogP contribution in [0.1, 0.15) is 27.2 Å². The van der Waals surface area contributed by atoms with E-state index in [0.29, 0.717) is 0 Å². The molecule has 0 aromatic heterocycles. The molecule has 2 amide bonds. The third-order valence-corrected chi connectivity index (χ3v) is 2.61. The summed E-state index contributed by atoms with van der Waals surface area (Å²) in [5.74, 6) is -1.52. The zero-order chi connectivity index (χ0) is 15.2. The predicted molar refractivity (Wildman–Crippen MR) is 68.7 cm³/mol. The first-order chi connectivity index (χ1) is 8.59. The minimum absolute atomic E-state index is 0.0632. The first-order valence-corrected chi connectivity index (χ1v) is 5.90. The molecule has 0 saturated carbocycles. The minimum Gasteiger partial charge on any atom is -0.480 e. The second-order valence-electron chi connectivity index (χ2n) is 5.33. The second-order valence-corrected chi connectivity index (χ2v) is 5.33. The van der Waals surface area contributed by atoms with Crippen molar-refractivity contribution in [2.75, 3.05) is 20.7 Å². The van der Waals surface area contributed by atoms with Crippen molar-refractivity contribution in [2.45, 2.75) is 33.2 Å². The number of nitrogens with zero attached hydrogens (tertiary/aromatic N) is 1. The van der Waals surface area contributed by atoms with E-state index in [-0.39, 0.29) is 13.0 Å². The van der Waals surface area contributed by atoms with Gasteiger partial charge in [-0.25, -0.2) is 9.59 Å². The molecule has 7 nitrogen and oxygen atoms in total. The number of carbonyl (C=O) groups is 3. The third kappa shape index (κ3) is 6.08. The molecule has 0 aromatic rings. The smallest absolute Gasteiger partial charge is 0.326 e. The van der Waals surface area contributed by atoms with E-state index in [0.717, 1.165) is 0 Å². The van der Waals surface area contributed by atoms with Crippen molar-refractivity contribution in [3.8, 4) is 0 Å². The van der Waals surface area contributed by atoms with E-state index in [1.54, 1.807) is 20.8 Å². The van der Waals surface area contributed by atoms with Crippen LogP contribution in [-0.2, 0) is 14.3 Å². The summed E-state index contributed by atoms with van der Waals surface area (Å²) in [4.78, 5) is 35.1. The fourth-order valence-electron chi connectivity index (χ4n) is 1.34. The van der Waals surface area contributed by atoms with Gasteiger partial charge in [0.05, 0.1) is 13.5 Å². The van der Waals surface area contributed by atoms with Crippen molar-refractivity contribution in [3.05, 3.63) is 0 Å². The van der Waals surface area contributed by atoms with Crippen LogP contribution in [0.4, 0.5) is 4.79 Å². The SMILES string of the molecule is COC(=O)CCN(C)C(=O)NC(C(=O)O)C(C)(C)C. The molecule has 0 radical (unpaired) electrons. The van der Waals surface area contributed by atoms with E-state index in [1.165, 1.54) is 19.1 Å². The largest absolute Gasteiger partial charge is 0.480 e. The Morgan fingerprint density at radius 2 is 1.84 bits per heavy atom. The number of hydrogen-bond acceptors (Lipinski definition) is 4. The summed E-state index contributed by atoms with van der Waals surface area (Å²) in [6.45, 7) is 5.33. The van der Waals surface area contributed by atoms with E-state index >= 15 is 0 Å². The van der Waals surface area contributed by atoms with E-state index in [1.807, 2.05) is 0 Å². The molecule has 110 valence electrons. The highest BCUT2D eigenvalue weighted by atomic mass is 16.5. The average Bonchev–Trinajstić information content (AvgIpc) is 2.29. The second kappa shape index (κ2) is 6.96. The molecule has 0 rings (SSSR count). The Morgan fingerprint density at radius 3 is 2.21 bits per heavy atom. The zero-order valence-electron chi connectivity index (χ0n) is 12.0. The highest BCUT2D eigenvalue weighted by molar-refractivity contribution is 5.83. The molecule has 0 aliphatic carbocycles. The van der Waals surface area contributed by atoms with Crippen molar-refractivity contribution in [1.82, 2.24) is 10.2 Å². The van der Waals surface area contributed by atoms with Gasteiger partial charge in [0.1, 0.15) is 6.04 Å². The first-order valence-electron chi connectivity index (χ1n) is 5.90. The summed E-state index contributed by atoms with van der Waals surface area (Å²) in [7, 11) is 2.75. The Hall–Kier alpha value is -1.79. The first kappa shape index (κ1) is 17.2.